The summed E-state index contributed by atoms with van der Waals surface area (Å²) in [5, 5.41) is 9.52. The average Bonchev–Trinajstić information content (AvgIpc) is 3.16. The number of carbonyl (C=O) groups excluding carboxylic acids is 2. The summed E-state index contributed by atoms with van der Waals surface area (Å²) in [6, 6.07) is 0. The molecule has 0 aromatic carbocycles. The second kappa shape index (κ2) is 6.79. The van der Waals surface area contributed by atoms with E-state index in [0.717, 1.165) is 32.6 Å². The Balaban J connectivity index is 1.58. The zero-order chi connectivity index (χ0) is 16.4. The first kappa shape index (κ1) is 16.1. The fourth-order valence-corrected chi connectivity index (χ4v) is 3.60. The van der Waals surface area contributed by atoms with Crippen molar-refractivity contribution in [1.29, 1.82) is 0 Å². The maximum absolute atomic E-state index is 12.4. The SMILES string of the molecule is CN1CCN(C(=O)CN(C)c2nnc(N3CCCC3=O)s2)CC1. The van der Waals surface area contributed by atoms with Crippen LogP contribution in [-0.2, 0) is 9.59 Å². The number of rotatable bonds is 4. The summed E-state index contributed by atoms with van der Waals surface area (Å²) in [6.07, 6.45) is 1.44. The predicted octanol–water partition coefficient (Wildman–Crippen LogP) is -0.125. The summed E-state index contributed by atoms with van der Waals surface area (Å²) >= 11 is 1.36. The Kier molecular flexibility index (Phi) is 4.76. The van der Waals surface area contributed by atoms with Gasteiger partial charge in [-0.05, 0) is 13.5 Å². The lowest BCUT2D eigenvalue weighted by Crippen LogP contribution is -2.49. The van der Waals surface area contributed by atoms with Crippen LogP contribution in [0, 0.1) is 0 Å². The number of anilines is 2. The van der Waals surface area contributed by atoms with Gasteiger partial charge in [-0.3, -0.25) is 14.5 Å². The number of hydrogen-bond acceptors (Lipinski definition) is 7. The van der Waals surface area contributed by atoms with Crippen molar-refractivity contribution in [3.63, 3.8) is 0 Å². The van der Waals surface area contributed by atoms with Crippen LogP contribution in [0.4, 0.5) is 10.3 Å². The zero-order valence-electron chi connectivity index (χ0n) is 13.6. The molecule has 3 rings (SSSR count). The number of piperazine rings is 1. The van der Waals surface area contributed by atoms with Crippen LogP contribution < -0.4 is 9.80 Å². The molecule has 2 aliphatic rings. The molecule has 1 aromatic heterocycles. The summed E-state index contributed by atoms with van der Waals surface area (Å²) in [4.78, 5) is 31.7. The van der Waals surface area contributed by atoms with E-state index in [9.17, 15) is 9.59 Å². The summed E-state index contributed by atoms with van der Waals surface area (Å²) in [5.41, 5.74) is 0. The van der Waals surface area contributed by atoms with Gasteiger partial charge in [-0.15, -0.1) is 10.2 Å². The molecule has 0 aliphatic carbocycles. The highest BCUT2D eigenvalue weighted by Gasteiger charge is 2.26. The van der Waals surface area contributed by atoms with E-state index in [1.807, 2.05) is 16.8 Å². The van der Waals surface area contributed by atoms with Gasteiger partial charge in [0, 0.05) is 46.2 Å². The van der Waals surface area contributed by atoms with Gasteiger partial charge < -0.3 is 14.7 Å². The van der Waals surface area contributed by atoms with Crippen LogP contribution >= 0.6 is 11.3 Å². The average molecular weight is 338 g/mol. The Morgan fingerprint density at radius 2 is 1.96 bits per heavy atom. The third-order valence-electron chi connectivity index (χ3n) is 4.26. The Morgan fingerprint density at radius 3 is 2.61 bits per heavy atom. The van der Waals surface area contributed by atoms with E-state index in [2.05, 4.69) is 22.1 Å². The molecule has 126 valence electrons. The van der Waals surface area contributed by atoms with Crippen molar-refractivity contribution < 1.29 is 9.59 Å². The van der Waals surface area contributed by atoms with Gasteiger partial charge >= 0.3 is 0 Å². The van der Waals surface area contributed by atoms with Crippen molar-refractivity contribution in [2.45, 2.75) is 12.8 Å². The summed E-state index contributed by atoms with van der Waals surface area (Å²) < 4.78 is 0. The highest BCUT2D eigenvalue weighted by atomic mass is 32.1. The largest absolute Gasteiger partial charge is 0.340 e. The molecular weight excluding hydrogens is 316 g/mol. The molecule has 1 aromatic rings. The smallest absolute Gasteiger partial charge is 0.242 e. The van der Waals surface area contributed by atoms with Crippen LogP contribution in [0.2, 0.25) is 0 Å². The molecule has 0 radical (unpaired) electrons. The number of nitrogens with zero attached hydrogens (tertiary/aromatic N) is 6. The van der Waals surface area contributed by atoms with Gasteiger partial charge in [0.1, 0.15) is 0 Å². The van der Waals surface area contributed by atoms with Crippen molar-refractivity contribution in [3.05, 3.63) is 0 Å². The summed E-state index contributed by atoms with van der Waals surface area (Å²) in [6.45, 7) is 4.36. The molecule has 23 heavy (non-hydrogen) atoms. The first-order valence-electron chi connectivity index (χ1n) is 7.86. The molecule has 3 heterocycles. The fourth-order valence-electron chi connectivity index (χ4n) is 2.75. The predicted molar refractivity (Wildman–Crippen MR) is 88.8 cm³/mol. The molecule has 0 unspecified atom stereocenters. The second-order valence-corrected chi connectivity index (χ2v) is 6.99. The normalized spacial score (nSPS) is 19.5. The Labute approximate surface area is 139 Å². The molecule has 2 fully saturated rings. The van der Waals surface area contributed by atoms with Crippen LogP contribution in [0.3, 0.4) is 0 Å². The first-order valence-corrected chi connectivity index (χ1v) is 8.67. The quantitative estimate of drug-likeness (QED) is 0.762. The van der Waals surface area contributed by atoms with Gasteiger partial charge in [0.05, 0.1) is 6.54 Å². The topological polar surface area (TPSA) is 72.9 Å². The van der Waals surface area contributed by atoms with Crippen molar-refractivity contribution in [1.82, 2.24) is 20.0 Å². The van der Waals surface area contributed by atoms with Crippen LogP contribution in [0.5, 0.6) is 0 Å². The summed E-state index contributed by atoms with van der Waals surface area (Å²) in [7, 11) is 3.90. The molecule has 0 atom stereocenters. The fraction of sp³-hybridized carbons (Fsp3) is 0.714. The lowest BCUT2D eigenvalue weighted by atomic mass is 10.3. The van der Waals surface area contributed by atoms with Crippen LogP contribution in [-0.4, -0.2) is 85.2 Å². The monoisotopic (exact) mass is 338 g/mol. The lowest BCUT2D eigenvalue weighted by molar-refractivity contribution is -0.131. The van der Waals surface area contributed by atoms with Crippen molar-refractivity contribution in [2.75, 3.05) is 63.2 Å². The van der Waals surface area contributed by atoms with E-state index in [0.29, 0.717) is 23.2 Å². The molecule has 0 N–H and O–H groups in total. The Bertz CT molecular complexity index is 584. The molecular formula is C14H22N6O2S. The maximum Gasteiger partial charge on any atom is 0.242 e. The number of carbonyl (C=O) groups is 2. The van der Waals surface area contributed by atoms with Crippen LogP contribution in [0.25, 0.3) is 0 Å². The van der Waals surface area contributed by atoms with E-state index < -0.39 is 0 Å². The van der Waals surface area contributed by atoms with E-state index in [4.69, 9.17) is 0 Å². The minimum atomic E-state index is 0.101. The molecule has 0 bridgehead atoms. The van der Waals surface area contributed by atoms with Crippen molar-refractivity contribution >= 4 is 33.4 Å². The third-order valence-corrected chi connectivity index (χ3v) is 5.32. The summed E-state index contributed by atoms with van der Waals surface area (Å²) in [5.74, 6) is 0.207. The minimum absolute atomic E-state index is 0.101. The van der Waals surface area contributed by atoms with Crippen molar-refractivity contribution in [3.8, 4) is 0 Å². The van der Waals surface area contributed by atoms with Gasteiger partial charge in [0.25, 0.3) is 0 Å². The minimum Gasteiger partial charge on any atom is -0.340 e. The van der Waals surface area contributed by atoms with Crippen LogP contribution in [0.15, 0.2) is 0 Å². The van der Waals surface area contributed by atoms with Gasteiger partial charge in [0.2, 0.25) is 22.1 Å². The third kappa shape index (κ3) is 3.61. The Morgan fingerprint density at radius 1 is 1.22 bits per heavy atom. The molecule has 9 heteroatoms. The number of hydrogen-bond donors (Lipinski definition) is 0. The molecule has 2 saturated heterocycles. The van der Waals surface area contributed by atoms with Gasteiger partial charge in [-0.25, -0.2) is 0 Å². The molecule has 0 saturated carbocycles. The zero-order valence-corrected chi connectivity index (χ0v) is 14.4. The highest BCUT2D eigenvalue weighted by molar-refractivity contribution is 7.19. The van der Waals surface area contributed by atoms with Crippen LogP contribution in [0.1, 0.15) is 12.8 Å². The van der Waals surface area contributed by atoms with E-state index in [-0.39, 0.29) is 18.4 Å². The lowest BCUT2D eigenvalue weighted by Gasteiger charge is -2.33. The molecule has 2 aliphatic heterocycles. The number of amides is 2. The molecule has 2 amide bonds. The first-order chi connectivity index (χ1) is 11.0. The van der Waals surface area contributed by atoms with Crippen molar-refractivity contribution in [2.24, 2.45) is 0 Å². The molecule has 8 nitrogen and oxygen atoms in total. The van der Waals surface area contributed by atoms with Gasteiger partial charge in [-0.1, -0.05) is 11.3 Å². The highest BCUT2D eigenvalue weighted by Crippen LogP contribution is 2.29. The Hall–Kier alpha value is -1.74. The van der Waals surface area contributed by atoms with Gasteiger partial charge in [0.15, 0.2) is 0 Å². The number of aromatic nitrogens is 2. The van der Waals surface area contributed by atoms with E-state index in [1.54, 1.807) is 4.90 Å². The molecule has 0 spiro atoms. The van der Waals surface area contributed by atoms with Gasteiger partial charge in [-0.2, -0.15) is 0 Å². The maximum atomic E-state index is 12.4. The van der Waals surface area contributed by atoms with E-state index >= 15 is 0 Å². The second-order valence-electron chi connectivity index (χ2n) is 6.06. The number of likely N-dealkylation sites (N-methyl/N-ethyl adjacent to an activating group) is 2. The standard InChI is InChI=1S/C14H22N6O2S/c1-17-6-8-19(9-7-17)12(22)10-18(2)13-15-16-14(23-13)20-5-3-4-11(20)21/h3-10H2,1-2H3. The van der Waals surface area contributed by atoms with E-state index in [1.165, 1.54) is 11.3 Å².